The minimum absolute atomic E-state index is 0.612. The average Bonchev–Trinajstić information content (AvgIpc) is 3.61. The third-order valence-electron chi connectivity index (χ3n) is 7.62. The van der Waals surface area contributed by atoms with Crippen molar-refractivity contribution in [1.29, 1.82) is 0 Å². The van der Waals surface area contributed by atoms with Gasteiger partial charge in [0.1, 0.15) is 5.82 Å². The molecule has 0 radical (unpaired) electrons. The van der Waals surface area contributed by atoms with Gasteiger partial charge in [-0.1, -0.05) is 42.5 Å². The van der Waals surface area contributed by atoms with E-state index in [0.29, 0.717) is 19.1 Å². The van der Waals surface area contributed by atoms with Gasteiger partial charge in [-0.05, 0) is 30.4 Å². The second-order valence-electron chi connectivity index (χ2n) is 9.67. The maximum atomic E-state index is 5.62. The summed E-state index contributed by atoms with van der Waals surface area (Å²) >= 11 is 0. The number of aromatic amines is 1. The van der Waals surface area contributed by atoms with Crippen molar-refractivity contribution >= 4 is 28.2 Å². The maximum Gasteiger partial charge on any atom is 0.181 e. The van der Waals surface area contributed by atoms with Gasteiger partial charge in [0.25, 0.3) is 0 Å². The molecule has 3 aromatic heterocycles. The Morgan fingerprint density at radius 3 is 2.53 bits per heavy atom. The number of aromatic nitrogens is 5. The molecule has 2 aliphatic rings. The molecule has 0 saturated carbocycles. The lowest BCUT2D eigenvalue weighted by Gasteiger charge is -2.33. The highest BCUT2D eigenvalue weighted by Gasteiger charge is 2.25. The number of anilines is 2. The molecule has 0 atom stereocenters. The van der Waals surface area contributed by atoms with Crippen LogP contribution in [0.15, 0.2) is 67.1 Å². The summed E-state index contributed by atoms with van der Waals surface area (Å²) in [4.78, 5) is 14.8. The molecule has 5 heterocycles. The van der Waals surface area contributed by atoms with Crippen LogP contribution in [0.3, 0.4) is 0 Å². The van der Waals surface area contributed by atoms with Crippen molar-refractivity contribution in [3.63, 3.8) is 0 Å². The number of ether oxygens (including phenoxy) is 1. The summed E-state index contributed by atoms with van der Waals surface area (Å²) in [6.45, 7) is 5.05. The van der Waals surface area contributed by atoms with E-state index in [1.165, 1.54) is 5.56 Å². The first-order valence-corrected chi connectivity index (χ1v) is 12.8. The molecule has 0 amide bonds. The predicted molar refractivity (Wildman–Crippen MR) is 142 cm³/mol. The average molecular weight is 480 g/mol. The van der Waals surface area contributed by atoms with Crippen LogP contribution < -0.4 is 9.80 Å². The minimum Gasteiger partial charge on any atom is -0.378 e. The molecule has 5 aromatic rings. The smallest absolute Gasteiger partial charge is 0.181 e. The summed E-state index contributed by atoms with van der Waals surface area (Å²) in [6.07, 6.45) is 8.33. The fourth-order valence-corrected chi connectivity index (χ4v) is 5.67. The quantitative estimate of drug-likeness (QED) is 0.409. The van der Waals surface area contributed by atoms with Crippen molar-refractivity contribution < 1.29 is 4.74 Å². The molecule has 2 fully saturated rings. The first kappa shape index (κ1) is 21.4. The largest absolute Gasteiger partial charge is 0.378 e. The topological polar surface area (TPSA) is 74.6 Å². The van der Waals surface area contributed by atoms with Crippen molar-refractivity contribution in [2.24, 2.45) is 0 Å². The molecule has 7 rings (SSSR count). The lowest BCUT2D eigenvalue weighted by molar-refractivity contribution is 0.122. The fourth-order valence-electron chi connectivity index (χ4n) is 5.67. The molecular formula is C28H29N7O. The van der Waals surface area contributed by atoms with E-state index in [-0.39, 0.29) is 0 Å². The first-order valence-electron chi connectivity index (χ1n) is 12.8. The Kier molecular flexibility index (Phi) is 5.31. The number of rotatable bonds is 4. The fraction of sp³-hybridized carbons (Fsp3) is 0.321. The highest BCUT2D eigenvalue weighted by Crippen LogP contribution is 2.34. The van der Waals surface area contributed by atoms with Gasteiger partial charge >= 0.3 is 0 Å². The Labute approximate surface area is 209 Å². The van der Waals surface area contributed by atoms with E-state index >= 15 is 0 Å². The molecule has 8 heteroatoms. The van der Waals surface area contributed by atoms with Gasteiger partial charge in [-0.25, -0.2) is 9.97 Å². The zero-order valence-corrected chi connectivity index (χ0v) is 20.2. The molecule has 36 heavy (non-hydrogen) atoms. The Hall–Kier alpha value is -3.91. The van der Waals surface area contributed by atoms with E-state index in [1.54, 1.807) is 0 Å². The number of benzene rings is 2. The highest BCUT2D eigenvalue weighted by molar-refractivity contribution is 5.93. The van der Waals surface area contributed by atoms with Crippen molar-refractivity contribution in [1.82, 2.24) is 24.6 Å². The van der Waals surface area contributed by atoms with Gasteiger partial charge in [0.2, 0.25) is 0 Å². The third kappa shape index (κ3) is 3.69. The molecule has 8 nitrogen and oxygen atoms in total. The molecule has 182 valence electrons. The zero-order valence-electron chi connectivity index (χ0n) is 20.2. The first-order chi connectivity index (χ1) is 17.8. The molecule has 0 spiro atoms. The Morgan fingerprint density at radius 2 is 1.69 bits per heavy atom. The van der Waals surface area contributed by atoms with Crippen LogP contribution in [-0.4, -0.2) is 64.0 Å². The van der Waals surface area contributed by atoms with E-state index < -0.39 is 0 Å². The van der Waals surface area contributed by atoms with Crippen LogP contribution in [-0.2, 0) is 4.74 Å². The molecular weight excluding hydrogens is 450 g/mol. The minimum atomic E-state index is 0.612. The number of piperidine rings is 1. The number of nitrogens with one attached hydrogen (secondary N) is 1. The normalized spacial score (nSPS) is 17.3. The lowest BCUT2D eigenvalue weighted by Crippen LogP contribution is -2.37. The van der Waals surface area contributed by atoms with Gasteiger partial charge < -0.3 is 14.5 Å². The van der Waals surface area contributed by atoms with Crippen LogP contribution in [0, 0.1) is 0 Å². The van der Waals surface area contributed by atoms with E-state index in [2.05, 4.69) is 73.1 Å². The second-order valence-corrected chi connectivity index (χ2v) is 9.67. The van der Waals surface area contributed by atoms with E-state index in [4.69, 9.17) is 14.7 Å². The van der Waals surface area contributed by atoms with Crippen LogP contribution in [0.2, 0.25) is 0 Å². The van der Waals surface area contributed by atoms with Gasteiger partial charge in [0.15, 0.2) is 11.5 Å². The number of H-pyrrole nitrogens is 1. The van der Waals surface area contributed by atoms with Crippen LogP contribution in [0.1, 0.15) is 24.3 Å². The van der Waals surface area contributed by atoms with Crippen LogP contribution in [0.4, 0.5) is 11.6 Å². The lowest BCUT2D eigenvalue weighted by atomic mass is 9.89. The summed E-state index contributed by atoms with van der Waals surface area (Å²) in [7, 11) is 0. The summed E-state index contributed by atoms with van der Waals surface area (Å²) in [5.74, 6) is 2.66. The van der Waals surface area contributed by atoms with Crippen LogP contribution in [0.5, 0.6) is 0 Å². The number of nitrogens with zero attached hydrogens (tertiary/aromatic N) is 6. The highest BCUT2D eigenvalue weighted by atomic mass is 16.5. The SMILES string of the molecule is c1ccc(C2CCN(c3cnc4c(N5CCOCC5)nc(-c5cccc6[nH]ncc56)cn34)CC2)cc1. The Bertz CT molecular complexity index is 1490. The maximum absolute atomic E-state index is 5.62. The van der Waals surface area contributed by atoms with E-state index in [1.807, 2.05) is 18.5 Å². The van der Waals surface area contributed by atoms with E-state index in [9.17, 15) is 0 Å². The van der Waals surface area contributed by atoms with Gasteiger partial charge in [0, 0.05) is 43.3 Å². The van der Waals surface area contributed by atoms with Gasteiger partial charge in [-0.2, -0.15) is 5.10 Å². The van der Waals surface area contributed by atoms with Gasteiger partial charge in [-0.15, -0.1) is 0 Å². The van der Waals surface area contributed by atoms with Crippen LogP contribution >= 0.6 is 0 Å². The van der Waals surface area contributed by atoms with Gasteiger partial charge in [-0.3, -0.25) is 9.50 Å². The summed E-state index contributed by atoms with van der Waals surface area (Å²) < 4.78 is 7.87. The standard InChI is InChI=1S/C28H29N7O/c1-2-5-20(6-3-1)21-9-11-33(12-10-21)26-18-29-27-28(34-13-15-36-16-14-34)31-25(19-35(26)27)22-7-4-8-24-23(22)17-30-32-24/h1-8,17-19,21H,9-16H2,(H,30,32). The summed E-state index contributed by atoms with van der Waals surface area (Å²) in [6, 6.07) is 17.1. The molecule has 2 aromatic carbocycles. The second kappa shape index (κ2) is 8.95. The molecule has 0 aliphatic carbocycles. The Morgan fingerprint density at radius 1 is 0.861 bits per heavy atom. The number of imidazole rings is 1. The number of hydrogen-bond donors (Lipinski definition) is 1. The van der Waals surface area contributed by atoms with Crippen LogP contribution in [0.25, 0.3) is 27.8 Å². The molecule has 2 aliphatic heterocycles. The van der Waals surface area contributed by atoms with Gasteiger partial charge in [0.05, 0.1) is 36.8 Å². The third-order valence-corrected chi connectivity index (χ3v) is 7.62. The van der Waals surface area contributed by atoms with E-state index in [0.717, 1.165) is 78.5 Å². The molecule has 0 bridgehead atoms. The summed E-state index contributed by atoms with van der Waals surface area (Å²) in [5.41, 5.74) is 5.36. The van der Waals surface area contributed by atoms with Crippen molar-refractivity contribution in [2.75, 3.05) is 49.2 Å². The number of hydrogen-bond acceptors (Lipinski definition) is 6. The van der Waals surface area contributed by atoms with Crippen molar-refractivity contribution in [3.05, 3.63) is 72.7 Å². The molecule has 1 N–H and O–H groups in total. The molecule has 0 unspecified atom stereocenters. The van der Waals surface area contributed by atoms with Crippen molar-refractivity contribution in [2.45, 2.75) is 18.8 Å². The summed E-state index contributed by atoms with van der Waals surface area (Å²) in [5, 5.41) is 8.43. The molecule has 2 saturated heterocycles. The number of fused-ring (bicyclic) bond motifs is 2. The zero-order chi connectivity index (χ0) is 23.9. The number of morpholine rings is 1. The predicted octanol–water partition coefficient (Wildman–Crippen LogP) is 4.49. The monoisotopic (exact) mass is 479 g/mol. The van der Waals surface area contributed by atoms with Crippen molar-refractivity contribution in [3.8, 4) is 11.3 Å². The Balaban J connectivity index is 1.29.